The average molecular weight is 365 g/mol. The molecule has 134 valence electrons. The fourth-order valence-electron chi connectivity index (χ4n) is 2.64. The molecule has 1 unspecified atom stereocenters. The quantitative estimate of drug-likeness (QED) is 0.640. The number of hydrogen-bond donors (Lipinski definition) is 2. The van der Waals surface area contributed by atoms with Gasteiger partial charge in [-0.15, -0.1) is 0 Å². The van der Waals surface area contributed by atoms with Crippen LogP contribution in [0.4, 0.5) is 0 Å². The summed E-state index contributed by atoms with van der Waals surface area (Å²) in [6, 6.07) is 20.7. The van der Waals surface area contributed by atoms with Gasteiger partial charge in [-0.1, -0.05) is 55.5 Å². The molecular weight excluding hydrogens is 340 g/mol. The normalized spacial score (nSPS) is 11.8. The molecule has 0 radical (unpaired) electrons. The van der Waals surface area contributed by atoms with Gasteiger partial charge in [0, 0.05) is 29.9 Å². The topological polar surface area (TPSA) is 41.9 Å². The predicted octanol–water partition coefficient (Wildman–Crippen LogP) is 4.30. The summed E-state index contributed by atoms with van der Waals surface area (Å²) >= 11 is 5.41. The minimum absolute atomic E-state index is 0.357. The summed E-state index contributed by atoms with van der Waals surface area (Å²) in [6.45, 7) is 4.88. The monoisotopic (exact) mass is 364 g/mol. The van der Waals surface area contributed by atoms with E-state index in [2.05, 4.69) is 42.8 Å². The summed E-state index contributed by atoms with van der Waals surface area (Å²) in [7, 11) is 0. The van der Waals surface area contributed by atoms with Gasteiger partial charge in [-0.2, -0.15) is 5.10 Å². The van der Waals surface area contributed by atoms with Gasteiger partial charge in [0.1, 0.15) is 0 Å². The molecule has 0 saturated carbocycles. The molecule has 3 aromatic rings. The van der Waals surface area contributed by atoms with E-state index >= 15 is 0 Å². The zero-order valence-electron chi connectivity index (χ0n) is 15.1. The summed E-state index contributed by atoms with van der Waals surface area (Å²) < 4.78 is 1.92. The number of aromatic nitrogens is 2. The zero-order valence-corrected chi connectivity index (χ0v) is 16.0. The molecule has 3 rings (SSSR count). The van der Waals surface area contributed by atoms with E-state index in [9.17, 15) is 0 Å². The zero-order chi connectivity index (χ0) is 18.4. The molecule has 0 bridgehead atoms. The van der Waals surface area contributed by atoms with Crippen molar-refractivity contribution < 1.29 is 0 Å². The van der Waals surface area contributed by atoms with Crippen LogP contribution in [0.25, 0.3) is 16.9 Å². The summed E-state index contributed by atoms with van der Waals surface area (Å²) in [5, 5.41) is 12.1. The number of nitrogens with one attached hydrogen (secondary N) is 2. The lowest BCUT2D eigenvalue weighted by molar-refractivity contribution is 0.632. The SMILES string of the molecule is CCC(C)NC(=S)NCc1cn(-c2ccccc2)nc1-c1ccccc1. The second kappa shape index (κ2) is 8.63. The van der Waals surface area contributed by atoms with E-state index in [-0.39, 0.29) is 0 Å². The minimum Gasteiger partial charge on any atom is -0.360 e. The Kier molecular flexibility index (Phi) is 6.02. The van der Waals surface area contributed by atoms with Crippen molar-refractivity contribution in [3.63, 3.8) is 0 Å². The van der Waals surface area contributed by atoms with Crippen LogP contribution in [0, 0.1) is 0 Å². The highest BCUT2D eigenvalue weighted by molar-refractivity contribution is 7.80. The third kappa shape index (κ3) is 4.49. The van der Waals surface area contributed by atoms with Crippen molar-refractivity contribution in [1.82, 2.24) is 20.4 Å². The molecule has 1 heterocycles. The third-order valence-corrected chi connectivity index (χ3v) is 4.55. The molecule has 5 heteroatoms. The van der Waals surface area contributed by atoms with Crippen LogP contribution in [0.2, 0.25) is 0 Å². The lowest BCUT2D eigenvalue weighted by atomic mass is 10.1. The van der Waals surface area contributed by atoms with Gasteiger partial charge in [-0.25, -0.2) is 4.68 Å². The fraction of sp³-hybridized carbons (Fsp3) is 0.238. The number of hydrogen-bond acceptors (Lipinski definition) is 2. The number of nitrogens with zero attached hydrogens (tertiary/aromatic N) is 2. The largest absolute Gasteiger partial charge is 0.360 e. The maximum atomic E-state index is 5.41. The van der Waals surface area contributed by atoms with E-state index in [1.165, 1.54) is 0 Å². The Hall–Kier alpha value is -2.66. The molecule has 2 N–H and O–H groups in total. The second-order valence-corrected chi connectivity index (χ2v) is 6.69. The highest BCUT2D eigenvalue weighted by Gasteiger charge is 2.12. The molecule has 0 aliphatic carbocycles. The van der Waals surface area contributed by atoms with Crippen molar-refractivity contribution in [1.29, 1.82) is 0 Å². The van der Waals surface area contributed by atoms with Gasteiger partial charge < -0.3 is 10.6 Å². The molecule has 0 spiro atoms. The van der Waals surface area contributed by atoms with E-state index in [0.717, 1.165) is 28.9 Å². The predicted molar refractivity (Wildman–Crippen MR) is 111 cm³/mol. The van der Waals surface area contributed by atoms with Crippen LogP contribution < -0.4 is 10.6 Å². The third-order valence-electron chi connectivity index (χ3n) is 4.29. The Bertz CT molecular complexity index is 843. The number of para-hydroxylation sites is 1. The van der Waals surface area contributed by atoms with Crippen LogP contribution in [0.1, 0.15) is 25.8 Å². The van der Waals surface area contributed by atoms with Crippen molar-refractivity contribution in [2.24, 2.45) is 0 Å². The highest BCUT2D eigenvalue weighted by Crippen LogP contribution is 2.23. The molecule has 4 nitrogen and oxygen atoms in total. The molecule has 0 aliphatic rings. The number of benzene rings is 2. The number of thiocarbonyl (C=S) groups is 1. The lowest BCUT2D eigenvalue weighted by Gasteiger charge is -2.15. The summed E-state index contributed by atoms with van der Waals surface area (Å²) in [5.41, 5.74) is 4.21. The van der Waals surface area contributed by atoms with E-state index < -0.39 is 0 Å². The second-order valence-electron chi connectivity index (χ2n) is 6.29. The van der Waals surface area contributed by atoms with Crippen molar-refractivity contribution in [3.05, 3.63) is 72.4 Å². The molecule has 26 heavy (non-hydrogen) atoms. The molecule has 0 saturated heterocycles. The maximum absolute atomic E-state index is 5.41. The molecule has 0 fully saturated rings. The first-order valence-electron chi connectivity index (χ1n) is 8.91. The van der Waals surface area contributed by atoms with E-state index in [1.54, 1.807) is 0 Å². The Morgan fingerprint density at radius 3 is 2.38 bits per heavy atom. The van der Waals surface area contributed by atoms with Crippen LogP contribution >= 0.6 is 12.2 Å². The smallest absolute Gasteiger partial charge is 0.166 e. The first-order chi connectivity index (χ1) is 12.7. The Labute approximate surface area is 160 Å². The van der Waals surface area contributed by atoms with Crippen molar-refractivity contribution in [2.75, 3.05) is 0 Å². The van der Waals surface area contributed by atoms with Gasteiger partial charge in [0.15, 0.2) is 5.11 Å². The maximum Gasteiger partial charge on any atom is 0.166 e. The van der Waals surface area contributed by atoms with Gasteiger partial charge in [0.2, 0.25) is 0 Å². The van der Waals surface area contributed by atoms with Crippen LogP contribution in [-0.2, 0) is 6.54 Å². The van der Waals surface area contributed by atoms with Gasteiger partial charge in [-0.05, 0) is 37.7 Å². The van der Waals surface area contributed by atoms with E-state index in [4.69, 9.17) is 17.3 Å². The minimum atomic E-state index is 0.357. The Balaban J connectivity index is 1.85. The average Bonchev–Trinajstić information content (AvgIpc) is 3.12. The first-order valence-corrected chi connectivity index (χ1v) is 9.32. The molecule has 0 amide bonds. The van der Waals surface area contributed by atoms with Gasteiger partial charge in [0.25, 0.3) is 0 Å². The molecule has 2 aromatic carbocycles. The molecule has 1 aromatic heterocycles. The van der Waals surface area contributed by atoms with Crippen molar-refractivity contribution >= 4 is 17.3 Å². The van der Waals surface area contributed by atoms with Gasteiger partial charge in [0.05, 0.1) is 11.4 Å². The molecular formula is C21H24N4S. The van der Waals surface area contributed by atoms with Crippen LogP contribution in [0.15, 0.2) is 66.9 Å². The van der Waals surface area contributed by atoms with Crippen molar-refractivity contribution in [2.45, 2.75) is 32.9 Å². The lowest BCUT2D eigenvalue weighted by Crippen LogP contribution is -2.39. The fourth-order valence-corrected chi connectivity index (χ4v) is 2.92. The summed E-state index contributed by atoms with van der Waals surface area (Å²) in [4.78, 5) is 0. The summed E-state index contributed by atoms with van der Waals surface area (Å²) in [6.07, 6.45) is 3.10. The van der Waals surface area contributed by atoms with Gasteiger partial charge >= 0.3 is 0 Å². The van der Waals surface area contributed by atoms with E-state index in [1.807, 2.05) is 53.2 Å². The Morgan fingerprint density at radius 1 is 1.08 bits per heavy atom. The summed E-state index contributed by atoms with van der Waals surface area (Å²) in [5.74, 6) is 0. The highest BCUT2D eigenvalue weighted by atomic mass is 32.1. The van der Waals surface area contributed by atoms with Crippen LogP contribution in [0.3, 0.4) is 0 Å². The van der Waals surface area contributed by atoms with Gasteiger partial charge in [-0.3, -0.25) is 0 Å². The van der Waals surface area contributed by atoms with Crippen LogP contribution in [-0.4, -0.2) is 20.9 Å². The van der Waals surface area contributed by atoms with Crippen LogP contribution in [0.5, 0.6) is 0 Å². The van der Waals surface area contributed by atoms with E-state index in [0.29, 0.717) is 17.7 Å². The number of rotatable bonds is 6. The molecule has 0 aliphatic heterocycles. The first kappa shape index (κ1) is 18.1. The van der Waals surface area contributed by atoms with Crippen molar-refractivity contribution in [3.8, 4) is 16.9 Å². The Morgan fingerprint density at radius 2 is 1.73 bits per heavy atom. The molecule has 1 atom stereocenters. The standard InChI is InChI=1S/C21H24N4S/c1-3-16(2)23-21(26)22-14-18-15-25(19-12-8-5-9-13-19)24-20(18)17-10-6-4-7-11-17/h4-13,15-16H,3,14H2,1-2H3,(H2,22,23,26).